The van der Waals surface area contributed by atoms with Gasteiger partial charge in [0.2, 0.25) is 11.8 Å². The Kier molecular flexibility index (Phi) is 4.71. The summed E-state index contributed by atoms with van der Waals surface area (Å²) in [5, 5.41) is 2.86. The van der Waals surface area contributed by atoms with Crippen molar-refractivity contribution in [2.75, 3.05) is 6.61 Å². The first-order chi connectivity index (χ1) is 11.8. The van der Waals surface area contributed by atoms with Gasteiger partial charge in [0.1, 0.15) is 5.69 Å². The zero-order chi connectivity index (χ0) is 18.2. The molecule has 0 bridgehead atoms. The standard InChI is InChI=1S/C19H27N3O3/c1-11(16(20)23)19(2,3)22-17(24)15-9-8-14(13-6-7-13)18(21-15)25-10-12-4-5-12/h8-9,11-13H,4-7,10H2,1-3H3,(H2,20,23)(H,22,24). The Hall–Kier alpha value is -2.11. The van der Waals surface area contributed by atoms with Crippen LogP contribution in [-0.4, -0.2) is 28.9 Å². The van der Waals surface area contributed by atoms with Crippen LogP contribution in [0.5, 0.6) is 5.88 Å². The fourth-order valence-corrected chi connectivity index (χ4v) is 2.70. The Morgan fingerprint density at radius 2 is 2.00 bits per heavy atom. The molecule has 1 atom stereocenters. The number of hydrogen-bond acceptors (Lipinski definition) is 4. The number of carbonyl (C=O) groups excluding carboxylic acids is 2. The van der Waals surface area contributed by atoms with Gasteiger partial charge in [0, 0.05) is 11.1 Å². The molecule has 1 aromatic heterocycles. The lowest BCUT2D eigenvalue weighted by atomic mass is 9.88. The van der Waals surface area contributed by atoms with Crippen LogP contribution in [0.3, 0.4) is 0 Å². The van der Waals surface area contributed by atoms with Gasteiger partial charge >= 0.3 is 0 Å². The molecule has 0 radical (unpaired) electrons. The zero-order valence-electron chi connectivity index (χ0n) is 15.2. The average Bonchev–Trinajstić information content (AvgIpc) is 3.45. The summed E-state index contributed by atoms with van der Waals surface area (Å²) in [6.07, 6.45) is 4.71. The van der Waals surface area contributed by atoms with E-state index in [0.717, 1.165) is 18.4 Å². The molecule has 136 valence electrons. The fourth-order valence-electron chi connectivity index (χ4n) is 2.70. The number of aromatic nitrogens is 1. The van der Waals surface area contributed by atoms with E-state index in [1.165, 1.54) is 12.8 Å². The van der Waals surface area contributed by atoms with Gasteiger partial charge in [-0.3, -0.25) is 9.59 Å². The largest absolute Gasteiger partial charge is 0.477 e. The third-order valence-electron chi connectivity index (χ3n) is 5.24. The minimum atomic E-state index is -0.755. The van der Waals surface area contributed by atoms with Gasteiger partial charge in [-0.05, 0) is 57.4 Å². The highest BCUT2D eigenvalue weighted by atomic mass is 16.5. The van der Waals surface area contributed by atoms with Crippen LogP contribution >= 0.6 is 0 Å². The van der Waals surface area contributed by atoms with Crippen LogP contribution in [0.15, 0.2) is 12.1 Å². The van der Waals surface area contributed by atoms with Crippen molar-refractivity contribution in [1.82, 2.24) is 10.3 Å². The molecule has 6 nitrogen and oxygen atoms in total. The summed E-state index contributed by atoms with van der Waals surface area (Å²) in [4.78, 5) is 28.5. The van der Waals surface area contributed by atoms with Gasteiger partial charge in [-0.2, -0.15) is 0 Å². The van der Waals surface area contributed by atoms with Gasteiger partial charge in [0.25, 0.3) is 5.91 Å². The number of nitrogens with two attached hydrogens (primary N) is 1. The lowest BCUT2D eigenvalue weighted by Gasteiger charge is -2.30. The molecule has 6 heteroatoms. The number of nitrogens with zero attached hydrogens (tertiary/aromatic N) is 1. The van der Waals surface area contributed by atoms with Crippen LogP contribution in [0.2, 0.25) is 0 Å². The molecule has 1 unspecified atom stereocenters. The monoisotopic (exact) mass is 345 g/mol. The van der Waals surface area contributed by atoms with E-state index in [1.54, 1.807) is 26.8 Å². The minimum Gasteiger partial charge on any atom is -0.477 e. The van der Waals surface area contributed by atoms with Gasteiger partial charge in [-0.25, -0.2) is 4.98 Å². The second kappa shape index (κ2) is 6.65. The van der Waals surface area contributed by atoms with E-state index in [2.05, 4.69) is 10.3 Å². The molecule has 2 amide bonds. The number of nitrogens with one attached hydrogen (secondary N) is 1. The Morgan fingerprint density at radius 3 is 2.56 bits per heavy atom. The van der Waals surface area contributed by atoms with Crippen molar-refractivity contribution in [3.63, 3.8) is 0 Å². The Balaban J connectivity index is 1.75. The normalized spacial score (nSPS) is 18.5. The Labute approximate surface area is 148 Å². The van der Waals surface area contributed by atoms with E-state index in [9.17, 15) is 9.59 Å². The molecular weight excluding hydrogens is 318 g/mol. The van der Waals surface area contributed by atoms with Crippen LogP contribution in [0.25, 0.3) is 0 Å². The summed E-state index contributed by atoms with van der Waals surface area (Å²) in [6, 6.07) is 3.68. The first kappa shape index (κ1) is 17.7. The second-order valence-electron chi connectivity index (χ2n) is 7.92. The average molecular weight is 345 g/mol. The first-order valence-electron chi connectivity index (χ1n) is 9.03. The lowest BCUT2D eigenvalue weighted by Crippen LogP contribution is -2.52. The molecule has 1 heterocycles. The topological polar surface area (TPSA) is 94.3 Å². The quantitative estimate of drug-likeness (QED) is 0.756. The highest BCUT2D eigenvalue weighted by Gasteiger charge is 2.33. The van der Waals surface area contributed by atoms with E-state index < -0.39 is 17.4 Å². The van der Waals surface area contributed by atoms with Crippen LogP contribution in [0.4, 0.5) is 0 Å². The molecule has 25 heavy (non-hydrogen) atoms. The highest BCUT2D eigenvalue weighted by Crippen LogP contribution is 2.44. The number of hydrogen-bond donors (Lipinski definition) is 2. The van der Waals surface area contributed by atoms with E-state index >= 15 is 0 Å². The SMILES string of the molecule is CC(C(N)=O)C(C)(C)NC(=O)c1ccc(C2CC2)c(OCC2CC2)n1. The molecule has 3 rings (SSSR count). The van der Waals surface area contributed by atoms with Crippen LogP contribution in [0.1, 0.15) is 68.4 Å². The van der Waals surface area contributed by atoms with E-state index in [4.69, 9.17) is 10.5 Å². The van der Waals surface area contributed by atoms with E-state index in [0.29, 0.717) is 30.0 Å². The van der Waals surface area contributed by atoms with Gasteiger partial charge in [-0.1, -0.05) is 13.0 Å². The summed E-state index contributed by atoms with van der Waals surface area (Å²) in [5.74, 6) is 0.454. The van der Waals surface area contributed by atoms with Crippen molar-refractivity contribution >= 4 is 11.8 Å². The van der Waals surface area contributed by atoms with Crippen molar-refractivity contribution in [1.29, 1.82) is 0 Å². The molecule has 1 aromatic rings. The van der Waals surface area contributed by atoms with Gasteiger partial charge in [0.05, 0.1) is 12.5 Å². The smallest absolute Gasteiger partial charge is 0.270 e. The molecule has 2 aliphatic rings. The van der Waals surface area contributed by atoms with Crippen LogP contribution in [0, 0.1) is 11.8 Å². The predicted octanol–water partition coefficient (Wildman–Crippen LogP) is 2.38. The Morgan fingerprint density at radius 1 is 1.32 bits per heavy atom. The summed E-state index contributed by atoms with van der Waals surface area (Å²) >= 11 is 0. The number of ether oxygens (including phenoxy) is 1. The number of rotatable bonds is 8. The van der Waals surface area contributed by atoms with Crippen molar-refractivity contribution < 1.29 is 14.3 Å². The first-order valence-corrected chi connectivity index (χ1v) is 9.03. The van der Waals surface area contributed by atoms with Gasteiger partial charge in [0.15, 0.2) is 0 Å². The molecular formula is C19H27N3O3. The summed E-state index contributed by atoms with van der Waals surface area (Å²) in [7, 11) is 0. The van der Waals surface area contributed by atoms with E-state index in [1.807, 2.05) is 6.07 Å². The van der Waals surface area contributed by atoms with Crippen LogP contribution < -0.4 is 15.8 Å². The minimum absolute atomic E-state index is 0.306. The van der Waals surface area contributed by atoms with Gasteiger partial charge < -0.3 is 15.8 Å². The summed E-state index contributed by atoms with van der Waals surface area (Å²) in [5.41, 5.74) is 6.02. The summed E-state index contributed by atoms with van der Waals surface area (Å²) < 4.78 is 5.90. The number of primary amides is 1. The molecule has 2 fully saturated rings. The molecule has 0 saturated heterocycles. The second-order valence-corrected chi connectivity index (χ2v) is 7.92. The molecule has 0 aromatic carbocycles. The Bertz CT molecular complexity index is 678. The summed E-state index contributed by atoms with van der Waals surface area (Å²) in [6.45, 7) is 5.94. The maximum atomic E-state index is 12.6. The third kappa shape index (κ3) is 4.30. The van der Waals surface area contributed by atoms with Crippen molar-refractivity contribution in [3.05, 3.63) is 23.4 Å². The number of amides is 2. The number of carbonyl (C=O) groups is 2. The molecule has 0 aliphatic heterocycles. The van der Waals surface area contributed by atoms with Crippen LogP contribution in [-0.2, 0) is 4.79 Å². The predicted molar refractivity (Wildman–Crippen MR) is 94.3 cm³/mol. The molecule has 0 spiro atoms. The van der Waals surface area contributed by atoms with Crippen molar-refractivity contribution in [2.45, 2.75) is 57.9 Å². The van der Waals surface area contributed by atoms with Gasteiger partial charge in [-0.15, -0.1) is 0 Å². The third-order valence-corrected chi connectivity index (χ3v) is 5.24. The van der Waals surface area contributed by atoms with Crippen molar-refractivity contribution in [2.24, 2.45) is 17.6 Å². The molecule has 3 N–H and O–H groups in total. The van der Waals surface area contributed by atoms with E-state index in [-0.39, 0.29) is 5.91 Å². The highest BCUT2D eigenvalue weighted by molar-refractivity contribution is 5.93. The molecule has 2 aliphatic carbocycles. The zero-order valence-corrected chi connectivity index (χ0v) is 15.2. The maximum Gasteiger partial charge on any atom is 0.270 e. The maximum absolute atomic E-state index is 12.6. The number of pyridine rings is 1. The van der Waals surface area contributed by atoms with Crippen molar-refractivity contribution in [3.8, 4) is 5.88 Å². The fraction of sp³-hybridized carbons (Fsp3) is 0.632. The lowest BCUT2D eigenvalue weighted by molar-refractivity contribution is -0.123. The molecule has 2 saturated carbocycles.